The molecule has 0 aliphatic rings. The summed E-state index contributed by atoms with van der Waals surface area (Å²) in [6, 6.07) is 11.9. The first-order chi connectivity index (χ1) is 13.5. The second-order valence-corrected chi connectivity index (χ2v) is 6.90. The predicted octanol–water partition coefficient (Wildman–Crippen LogP) is 3.52. The maximum atomic E-state index is 12.1. The Morgan fingerprint density at radius 1 is 1.18 bits per heavy atom. The summed E-state index contributed by atoms with van der Waals surface area (Å²) in [4.78, 5) is 27.7. The highest BCUT2D eigenvalue weighted by Crippen LogP contribution is 2.33. The molecule has 0 aliphatic heterocycles. The molecule has 0 aliphatic carbocycles. The Kier molecular flexibility index (Phi) is 6.04. The molecule has 0 atom stereocenters. The van der Waals surface area contributed by atoms with Crippen molar-refractivity contribution in [1.29, 1.82) is 0 Å². The lowest BCUT2D eigenvalue weighted by Crippen LogP contribution is -2.18. The van der Waals surface area contributed by atoms with Gasteiger partial charge in [0.1, 0.15) is 6.29 Å². The number of hydrogen-bond donors (Lipinski definition) is 1. The Morgan fingerprint density at radius 2 is 2.00 bits per heavy atom. The molecule has 0 unspecified atom stereocenters. The zero-order valence-electron chi connectivity index (χ0n) is 16.5. The van der Waals surface area contributed by atoms with E-state index in [1.807, 2.05) is 50.5 Å². The van der Waals surface area contributed by atoms with Gasteiger partial charge >= 0.3 is 0 Å². The van der Waals surface area contributed by atoms with Crippen LogP contribution in [-0.4, -0.2) is 22.9 Å². The van der Waals surface area contributed by atoms with Crippen LogP contribution < -0.4 is 10.9 Å². The first kappa shape index (κ1) is 19.5. The lowest BCUT2D eigenvalue weighted by molar-refractivity contribution is -0.107. The van der Waals surface area contributed by atoms with E-state index in [0.717, 1.165) is 39.9 Å². The molecule has 0 bridgehead atoms. The van der Waals surface area contributed by atoms with Gasteiger partial charge in [0.2, 0.25) is 0 Å². The highest BCUT2D eigenvalue weighted by Gasteiger charge is 2.16. The predicted molar refractivity (Wildman–Crippen MR) is 113 cm³/mol. The van der Waals surface area contributed by atoms with Crippen LogP contribution in [0.15, 0.2) is 53.6 Å². The highest BCUT2D eigenvalue weighted by atomic mass is 16.1. The van der Waals surface area contributed by atoms with Crippen molar-refractivity contribution in [2.24, 2.45) is 7.05 Å². The summed E-state index contributed by atoms with van der Waals surface area (Å²) in [5.41, 5.74) is 6.97. The minimum atomic E-state index is 0.00282. The Hall–Kier alpha value is -3.21. The minimum absolute atomic E-state index is 0.00282. The monoisotopic (exact) mass is 375 g/mol. The number of hydrogen-bond acceptors (Lipinski definition) is 4. The molecular weight excluding hydrogens is 350 g/mol. The third kappa shape index (κ3) is 4.03. The molecule has 0 radical (unpaired) electrons. The van der Waals surface area contributed by atoms with E-state index >= 15 is 0 Å². The van der Waals surface area contributed by atoms with Gasteiger partial charge in [-0.3, -0.25) is 9.78 Å². The van der Waals surface area contributed by atoms with E-state index in [0.29, 0.717) is 24.8 Å². The maximum absolute atomic E-state index is 12.1. The molecule has 28 heavy (non-hydrogen) atoms. The summed E-state index contributed by atoms with van der Waals surface area (Å²) in [5, 5.41) is 3.25. The Labute approximate surface area is 165 Å². The first-order valence-electron chi connectivity index (χ1n) is 9.38. The lowest BCUT2D eigenvalue weighted by atomic mass is 9.89. The van der Waals surface area contributed by atoms with Gasteiger partial charge in [0.15, 0.2) is 0 Å². The van der Waals surface area contributed by atoms with E-state index in [1.54, 1.807) is 17.8 Å². The molecule has 0 saturated carbocycles. The molecular formula is C23H25N3O2. The SMILES string of the molecule is CNc1ccc(-c2cc(C)c(=O)n(C)c2)c(Cc2ccccn2)c1CCC=O. The number of rotatable bonds is 7. The number of pyridine rings is 2. The molecule has 0 fully saturated rings. The number of carbonyl (C=O) groups is 1. The molecule has 2 aromatic heterocycles. The molecule has 0 saturated heterocycles. The fraction of sp³-hybridized carbons (Fsp3) is 0.261. The van der Waals surface area contributed by atoms with Crippen molar-refractivity contribution in [3.8, 4) is 11.1 Å². The van der Waals surface area contributed by atoms with Gasteiger partial charge in [-0.2, -0.15) is 0 Å². The van der Waals surface area contributed by atoms with Gasteiger partial charge < -0.3 is 14.7 Å². The molecule has 2 heterocycles. The third-order valence-corrected chi connectivity index (χ3v) is 4.97. The number of nitrogens with zero attached hydrogens (tertiary/aromatic N) is 2. The molecule has 3 aromatic rings. The van der Waals surface area contributed by atoms with Crippen molar-refractivity contribution in [3.63, 3.8) is 0 Å². The second kappa shape index (κ2) is 8.65. The van der Waals surface area contributed by atoms with E-state index in [9.17, 15) is 9.59 Å². The fourth-order valence-corrected chi connectivity index (χ4v) is 3.60. The van der Waals surface area contributed by atoms with Gasteiger partial charge in [0.05, 0.1) is 0 Å². The summed E-state index contributed by atoms with van der Waals surface area (Å²) >= 11 is 0. The fourth-order valence-electron chi connectivity index (χ4n) is 3.60. The van der Waals surface area contributed by atoms with E-state index in [-0.39, 0.29) is 5.56 Å². The van der Waals surface area contributed by atoms with Crippen molar-refractivity contribution in [3.05, 3.63) is 81.5 Å². The molecule has 5 heteroatoms. The number of aldehydes is 1. The average Bonchev–Trinajstić information content (AvgIpc) is 2.71. The van der Waals surface area contributed by atoms with Gasteiger partial charge in [-0.15, -0.1) is 0 Å². The van der Waals surface area contributed by atoms with Crippen molar-refractivity contribution in [1.82, 2.24) is 9.55 Å². The van der Waals surface area contributed by atoms with Gasteiger partial charge in [0, 0.05) is 56.3 Å². The van der Waals surface area contributed by atoms with E-state index < -0.39 is 0 Å². The number of benzene rings is 1. The Morgan fingerprint density at radius 3 is 2.64 bits per heavy atom. The number of carbonyl (C=O) groups excluding carboxylic acids is 1. The van der Waals surface area contributed by atoms with Crippen LogP contribution in [0.2, 0.25) is 0 Å². The average molecular weight is 375 g/mol. The molecule has 1 aromatic carbocycles. The van der Waals surface area contributed by atoms with Crippen LogP contribution in [0.4, 0.5) is 5.69 Å². The first-order valence-corrected chi connectivity index (χ1v) is 9.38. The summed E-state index contributed by atoms with van der Waals surface area (Å²) in [5.74, 6) is 0. The molecule has 5 nitrogen and oxygen atoms in total. The number of anilines is 1. The van der Waals surface area contributed by atoms with Crippen LogP contribution in [-0.2, 0) is 24.7 Å². The number of aryl methyl sites for hydroxylation is 2. The van der Waals surface area contributed by atoms with Gasteiger partial charge in [-0.05, 0) is 59.9 Å². The van der Waals surface area contributed by atoms with Crippen molar-refractivity contribution in [2.75, 3.05) is 12.4 Å². The van der Waals surface area contributed by atoms with Crippen molar-refractivity contribution < 1.29 is 4.79 Å². The van der Waals surface area contributed by atoms with Crippen molar-refractivity contribution in [2.45, 2.75) is 26.2 Å². The van der Waals surface area contributed by atoms with Crippen LogP contribution in [0.5, 0.6) is 0 Å². The second-order valence-electron chi connectivity index (χ2n) is 6.90. The van der Waals surface area contributed by atoms with Crippen LogP contribution in [0.25, 0.3) is 11.1 Å². The van der Waals surface area contributed by atoms with E-state index in [4.69, 9.17) is 0 Å². The van der Waals surface area contributed by atoms with Gasteiger partial charge in [0.25, 0.3) is 5.56 Å². The summed E-state index contributed by atoms with van der Waals surface area (Å²) < 4.78 is 1.62. The lowest BCUT2D eigenvalue weighted by Gasteiger charge is -2.19. The third-order valence-electron chi connectivity index (χ3n) is 4.97. The number of aromatic nitrogens is 2. The number of nitrogens with one attached hydrogen (secondary N) is 1. The zero-order chi connectivity index (χ0) is 20.1. The molecule has 1 N–H and O–H groups in total. The van der Waals surface area contributed by atoms with Crippen LogP contribution in [0, 0.1) is 6.92 Å². The molecule has 0 amide bonds. The minimum Gasteiger partial charge on any atom is -0.388 e. The normalized spacial score (nSPS) is 10.7. The Bertz CT molecular complexity index is 1010. The maximum Gasteiger partial charge on any atom is 0.253 e. The Balaban J connectivity index is 2.23. The van der Waals surface area contributed by atoms with E-state index in [1.165, 1.54) is 0 Å². The quantitative estimate of drug-likeness (QED) is 0.642. The topological polar surface area (TPSA) is 64.0 Å². The van der Waals surface area contributed by atoms with Gasteiger partial charge in [-0.25, -0.2) is 0 Å². The van der Waals surface area contributed by atoms with Gasteiger partial charge in [-0.1, -0.05) is 12.1 Å². The largest absolute Gasteiger partial charge is 0.388 e. The molecule has 3 rings (SSSR count). The zero-order valence-corrected chi connectivity index (χ0v) is 16.5. The van der Waals surface area contributed by atoms with E-state index in [2.05, 4.69) is 16.4 Å². The summed E-state index contributed by atoms with van der Waals surface area (Å²) in [7, 11) is 3.66. The van der Waals surface area contributed by atoms with Crippen LogP contribution in [0.3, 0.4) is 0 Å². The highest BCUT2D eigenvalue weighted by molar-refractivity contribution is 5.74. The molecule has 0 spiro atoms. The smallest absolute Gasteiger partial charge is 0.253 e. The summed E-state index contributed by atoms with van der Waals surface area (Å²) in [6.07, 6.45) is 6.38. The standard InChI is InChI=1S/C23H25N3O2/c1-16-13-17(15-26(3)23(16)28)19-9-10-22(24-2)20(8-6-12-27)21(19)14-18-7-4-5-11-25-18/h4-5,7,9-13,15,24H,6,8,14H2,1-3H3. The van der Waals surface area contributed by atoms with Crippen LogP contribution >= 0.6 is 0 Å². The van der Waals surface area contributed by atoms with Crippen LogP contribution in [0.1, 0.15) is 28.8 Å². The molecule has 144 valence electrons. The summed E-state index contributed by atoms with van der Waals surface area (Å²) in [6.45, 7) is 1.83. The van der Waals surface area contributed by atoms with Crippen molar-refractivity contribution >= 4 is 12.0 Å².